The molecule has 1 heterocycles. The van der Waals surface area contributed by atoms with Crippen molar-refractivity contribution in [3.8, 4) is 0 Å². The first-order chi connectivity index (χ1) is 10.8. The van der Waals surface area contributed by atoms with Crippen molar-refractivity contribution in [2.24, 2.45) is 11.8 Å². The Morgan fingerprint density at radius 1 is 1.35 bits per heavy atom. The molecule has 0 saturated carbocycles. The number of carbonyl (C=O) groups excluding carboxylic acids is 1. The Hall–Kier alpha value is -1.44. The number of hydrogen-bond donors (Lipinski definition) is 3. The van der Waals surface area contributed by atoms with Crippen molar-refractivity contribution in [2.45, 2.75) is 38.1 Å². The smallest absolute Gasteiger partial charge is 0.240 e. The van der Waals surface area contributed by atoms with E-state index in [-0.39, 0.29) is 22.8 Å². The van der Waals surface area contributed by atoms with Crippen LogP contribution in [0, 0.1) is 11.8 Å². The summed E-state index contributed by atoms with van der Waals surface area (Å²) in [6, 6.07) is 6.22. The van der Waals surface area contributed by atoms with Crippen LogP contribution in [0.3, 0.4) is 0 Å². The van der Waals surface area contributed by atoms with Gasteiger partial charge in [0, 0.05) is 17.6 Å². The number of amides is 1. The molecule has 1 saturated heterocycles. The highest BCUT2D eigenvalue weighted by Gasteiger charge is 2.28. The minimum atomic E-state index is -3.57. The average molecular weight is 339 g/mol. The van der Waals surface area contributed by atoms with Crippen molar-refractivity contribution in [1.82, 2.24) is 10.0 Å². The molecule has 1 amide bonds. The van der Waals surface area contributed by atoms with Gasteiger partial charge in [0.25, 0.3) is 0 Å². The molecular formula is C16H25N3O3S. The number of hydrogen-bond acceptors (Lipinski definition) is 4. The SMILES string of the molecule is CCC(C)NS(=O)(=O)c1cccc(NC(=O)C(C)C2CNC2)c1. The topological polar surface area (TPSA) is 87.3 Å². The standard InChI is InChI=1S/C16H25N3O3S/c1-4-11(2)19-23(21,22)15-7-5-6-14(8-15)18-16(20)12(3)13-9-17-10-13/h5-8,11-13,17,19H,4,9-10H2,1-3H3,(H,18,20). The number of benzene rings is 1. The summed E-state index contributed by atoms with van der Waals surface area (Å²) < 4.78 is 27.2. The number of anilines is 1. The molecule has 2 rings (SSSR count). The van der Waals surface area contributed by atoms with Crippen LogP contribution in [0.5, 0.6) is 0 Å². The molecule has 7 heteroatoms. The predicted octanol–water partition coefficient (Wildman–Crippen LogP) is 1.56. The van der Waals surface area contributed by atoms with Crippen molar-refractivity contribution >= 4 is 21.6 Å². The number of carbonyl (C=O) groups is 1. The van der Waals surface area contributed by atoms with Crippen LogP contribution < -0.4 is 15.4 Å². The summed E-state index contributed by atoms with van der Waals surface area (Å²) in [5.41, 5.74) is 0.501. The van der Waals surface area contributed by atoms with Crippen molar-refractivity contribution in [1.29, 1.82) is 0 Å². The Bertz CT molecular complexity index is 656. The van der Waals surface area contributed by atoms with E-state index in [9.17, 15) is 13.2 Å². The molecule has 0 aliphatic carbocycles. The van der Waals surface area contributed by atoms with Gasteiger partial charge in [0.2, 0.25) is 15.9 Å². The maximum atomic E-state index is 12.3. The zero-order valence-corrected chi connectivity index (χ0v) is 14.6. The van der Waals surface area contributed by atoms with Crippen LogP contribution in [0.2, 0.25) is 0 Å². The van der Waals surface area contributed by atoms with Gasteiger partial charge in [0.1, 0.15) is 0 Å². The summed E-state index contributed by atoms with van der Waals surface area (Å²) in [5, 5.41) is 5.96. The summed E-state index contributed by atoms with van der Waals surface area (Å²) in [7, 11) is -3.57. The van der Waals surface area contributed by atoms with Crippen molar-refractivity contribution in [3.05, 3.63) is 24.3 Å². The molecule has 1 aliphatic heterocycles. The molecule has 3 N–H and O–H groups in total. The minimum absolute atomic E-state index is 0.0825. The maximum Gasteiger partial charge on any atom is 0.240 e. The molecule has 0 aromatic heterocycles. The fourth-order valence-corrected chi connectivity index (χ4v) is 3.66. The number of rotatable bonds is 7. The fourth-order valence-electron chi connectivity index (χ4n) is 2.29. The van der Waals surface area contributed by atoms with E-state index in [0.717, 1.165) is 13.1 Å². The third kappa shape index (κ3) is 4.53. The van der Waals surface area contributed by atoms with Crippen molar-refractivity contribution in [2.75, 3.05) is 18.4 Å². The van der Waals surface area contributed by atoms with Crippen LogP contribution in [0.1, 0.15) is 27.2 Å². The van der Waals surface area contributed by atoms with E-state index in [0.29, 0.717) is 18.0 Å². The van der Waals surface area contributed by atoms with Crippen molar-refractivity contribution in [3.63, 3.8) is 0 Å². The summed E-state index contributed by atoms with van der Waals surface area (Å²) in [6.07, 6.45) is 0.711. The van der Waals surface area contributed by atoms with Crippen LogP contribution in [0.15, 0.2) is 29.2 Å². The number of sulfonamides is 1. The first-order valence-corrected chi connectivity index (χ1v) is 9.45. The maximum absolute atomic E-state index is 12.3. The van der Waals surface area contributed by atoms with Crippen LogP contribution >= 0.6 is 0 Å². The second kappa shape index (κ2) is 7.42. The zero-order chi connectivity index (χ0) is 17.0. The average Bonchev–Trinajstić information content (AvgIpc) is 2.45. The highest BCUT2D eigenvalue weighted by atomic mass is 32.2. The molecule has 128 valence electrons. The molecule has 1 aromatic carbocycles. The second-order valence-corrected chi connectivity index (χ2v) is 7.87. The molecule has 0 radical (unpaired) electrons. The predicted molar refractivity (Wildman–Crippen MR) is 90.7 cm³/mol. The first-order valence-electron chi connectivity index (χ1n) is 7.97. The summed E-state index contributed by atoms with van der Waals surface area (Å²) in [6.45, 7) is 7.33. The van der Waals surface area contributed by atoms with E-state index in [4.69, 9.17) is 0 Å². The Labute approximate surface area is 138 Å². The third-order valence-corrected chi connectivity index (χ3v) is 5.90. The van der Waals surface area contributed by atoms with Gasteiger partial charge in [-0.05, 0) is 50.6 Å². The van der Waals surface area contributed by atoms with Gasteiger partial charge in [-0.3, -0.25) is 4.79 Å². The Morgan fingerprint density at radius 2 is 2.04 bits per heavy atom. The molecule has 1 fully saturated rings. The van der Waals surface area contributed by atoms with Gasteiger partial charge < -0.3 is 10.6 Å². The molecular weight excluding hydrogens is 314 g/mol. The van der Waals surface area contributed by atoms with E-state index in [1.54, 1.807) is 12.1 Å². The van der Waals surface area contributed by atoms with E-state index >= 15 is 0 Å². The van der Waals surface area contributed by atoms with E-state index < -0.39 is 10.0 Å². The minimum Gasteiger partial charge on any atom is -0.326 e. The lowest BCUT2D eigenvalue weighted by molar-refractivity contribution is -0.121. The first kappa shape index (κ1) is 17.9. The van der Waals surface area contributed by atoms with Gasteiger partial charge >= 0.3 is 0 Å². The van der Waals surface area contributed by atoms with E-state index in [1.165, 1.54) is 12.1 Å². The molecule has 6 nitrogen and oxygen atoms in total. The summed E-state index contributed by atoms with van der Waals surface area (Å²) >= 11 is 0. The molecule has 0 bridgehead atoms. The van der Waals surface area contributed by atoms with Crippen LogP contribution in [-0.2, 0) is 14.8 Å². The Balaban J connectivity index is 2.08. The van der Waals surface area contributed by atoms with Gasteiger partial charge in [-0.15, -0.1) is 0 Å². The highest BCUT2D eigenvalue weighted by molar-refractivity contribution is 7.89. The van der Waals surface area contributed by atoms with Crippen LogP contribution in [0.25, 0.3) is 0 Å². The lowest BCUT2D eigenvalue weighted by atomic mass is 9.88. The van der Waals surface area contributed by atoms with Gasteiger partial charge in [-0.2, -0.15) is 0 Å². The van der Waals surface area contributed by atoms with Gasteiger partial charge in [-0.1, -0.05) is 19.9 Å². The van der Waals surface area contributed by atoms with E-state index in [2.05, 4.69) is 15.4 Å². The molecule has 2 unspecified atom stereocenters. The molecule has 23 heavy (non-hydrogen) atoms. The Morgan fingerprint density at radius 3 is 2.61 bits per heavy atom. The lowest BCUT2D eigenvalue weighted by Gasteiger charge is -2.31. The van der Waals surface area contributed by atoms with Gasteiger partial charge in [0.05, 0.1) is 4.90 Å². The lowest BCUT2D eigenvalue weighted by Crippen LogP contribution is -2.48. The Kier molecular flexibility index (Phi) is 5.78. The summed E-state index contributed by atoms with van der Waals surface area (Å²) in [5.74, 6) is 0.157. The zero-order valence-electron chi connectivity index (χ0n) is 13.8. The molecule has 1 aromatic rings. The normalized spacial score (nSPS) is 18.0. The summed E-state index contributed by atoms with van der Waals surface area (Å²) in [4.78, 5) is 12.4. The molecule has 2 atom stereocenters. The van der Waals surface area contributed by atoms with Crippen molar-refractivity contribution < 1.29 is 13.2 Å². The van der Waals surface area contributed by atoms with Gasteiger partial charge in [-0.25, -0.2) is 13.1 Å². The largest absolute Gasteiger partial charge is 0.326 e. The van der Waals surface area contributed by atoms with Crippen LogP contribution in [0.4, 0.5) is 5.69 Å². The fraction of sp³-hybridized carbons (Fsp3) is 0.562. The third-order valence-electron chi connectivity index (χ3n) is 4.31. The second-order valence-electron chi connectivity index (χ2n) is 6.15. The molecule has 0 spiro atoms. The van der Waals surface area contributed by atoms with Gasteiger partial charge in [0.15, 0.2) is 0 Å². The molecule has 1 aliphatic rings. The van der Waals surface area contributed by atoms with Crippen LogP contribution in [-0.4, -0.2) is 33.5 Å². The monoisotopic (exact) mass is 339 g/mol. The quantitative estimate of drug-likeness (QED) is 0.703. The van der Waals surface area contributed by atoms with E-state index in [1.807, 2.05) is 20.8 Å². The highest BCUT2D eigenvalue weighted by Crippen LogP contribution is 2.20. The number of nitrogens with one attached hydrogen (secondary N) is 3.